The minimum absolute atomic E-state index is 0.378. The SMILES string of the molecule is COc1ccc(NS(=O)(=O)N(C)CCCN)cc1Br. The monoisotopic (exact) mass is 351 g/mol. The molecule has 19 heavy (non-hydrogen) atoms. The highest BCUT2D eigenvalue weighted by molar-refractivity contribution is 9.10. The molecule has 108 valence electrons. The summed E-state index contributed by atoms with van der Waals surface area (Å²) in [7, 11) is -0.499. The van der Waals surface area contributed by atoms with Crippen LogP contribution in [0.1, 0.15) is 6.42 Å². The fraction of sp³-hybridized carbons (Fsp3) is 0.455. The van der Waals surface area contributed by atoms with E-state index >= 15 is 0 Å². The van der Waals surface area contributed by atoms with E-state index in [2.05, 4.69) is 20.7 Å². The number of benzene rings is 1. The number of anilines is 1. The molecule has 0 aliphatic heterocycles. The van der Waals surface area contributed by atoms with Crippen LogP contribution in [0.2, 0.25) is 0 Å². The van der Waals surface area contributed by atoms with Crippen molar-refractivity contribution in [1.29, 1.82) is 0 Å². The van der Waals surface area contributed by atoms with Crippen LogP contribution in [0.4, 0.5) is 5.69 Å². The molecule has 0 unspecified atom stereocenters. The summed E-state index contributed by atoms with van der Waals surface area (Å²) >= 11 is 3.30. The minimum Gasteiger partial charge on any atom is -0.496 e. The molecule has 0 atom stereocenters. The molecule has 0 aliphatic rings. The Labute approximate surface area is 122 Å². The van der Waals surface area contributed by atoms with Gasteiger partial charge in [0.1, 0.15) is 5.75 Å². The Morgan fingerprint density at radius 1 is 1.47 bits per heavy atom. The highest BCUT2D eigenvalue weighted by Gasteiger charge is 2.17. The van der Waals surface area contributed by atoms with Gasteiger partial charge in [0.2, 0.25) is 0 Å². The Morgan fingerprint density at radius 3 is 2.68 bits per heavy atom. The van der Waals surface area contributed by atoms with Crippen molar-refractivity contribution in [3.05, 3.63) is 22.7 Å². The van der Waals surface area contributed by atoms with Gasteiger partial charge in [0.05, 0.1) is 17.3 Å². The van der Waals surface area contributed by atoms with Gasteiger partial charge in [-0.1, -0.05) is 0 Å². The number of methoxy groups -OCH3 is 1. The zero-order chi connectivity index (χ0) is 14.5. The molecule has 0 aliphatic carbocycles. The first-order chi connectivity index (χ1) is 8.90. The number of nitrogens with one attached hydrogen (secondary N) is 1. The van der Waals surface area contributed by atoms with Crippen LogP contribution in [-0.4, -0.2) is 40.0 Å². The third-order valence-electron chi connectivity index (χ3n) is 2.49. The summed E-state index contributed by atoms with van der Waals surface area (Å²) in [4.78, 5) is 0. The van der Waals surface area contributed by atoms with E-state index in [4.69, 9.17) is 10.5 Å². The lowest BCUT2D eigenvalue weighted by atomic mass is 10.3. The van der Waals surface area contributed by atoms with Crippen molar-refractivity contribution in [3.63, 3.8) is 0 Å². The van der Waals surface area contributed by atoms with Crippen LogP contribution in [0.15, 0.2) is 22.7 Å². The Kier molecular flexibility index (Phi) is 6.05. The van der Waals surface area contributed by atoms with E-state index in [1.165, 1.54) is 11.4 Å². The molecule has 8 heteroatoms. The molecule has 3 N–H and O–H groups in total. The first kappa shape index (κ1) is 16.2. The highest BCUT2D eigenvalue weighted by atomic mass is 79.9. The van der Waals surface area contributed by atoms with Gasteiger partial charge in [0.15, 0.2) is 0 Å². The number of nitrogens with zero attached hydrogens (tertiary/aromatic N) is 1. The molecule has 1 rings (SSSR count). The maximum absolute atomic E-state index is 12.0. The van der Waals surface area contributed by atoms with Crippen LogP contribution >= 0.6 is 15.9 Å². The predicted molar refractivity (Wildman–Crippen MR) is 79.5 cm³/mol. The van der Waals surface area contributed by atoms with Crippen molar-refractivity contribution < 1.29 is 13.2 Å². The molecular weight excluding hydrogens is 334 g/mol. The smallest absolute Gasteiger partial charge is 0.301 e. The van der Waals surface area contributed by atoms with E-state index in [-0.39, 0.29) is 0 Å². The number of halogens is 1. The molecular formula is C11H18BrN3O3S. The van der Waals surface area contributed by atoms with Crippen LogP contribution in [0.3, 0.4) is 0 Å². The van der Waals surface area contributed by atoms with Crippen LogP contribution in [-0.2, 0) is 10.2 Å². The largest absolute Gasteiger partial charge is 0.496 e. The average molecular weight is 352 g/mol. The van der Waals surface area contributed by atoms with Crippen molar-refractivity contribution in [2.45, 2.75) is 6.42 Å². The summed E-state index contributed by atoms with van der Waals surface area (Å²) in [6.45, 7) is 0.830. The van der Waals surface area contributed by atoms with Crippen LogP contribution in [0, 0.1) is 0 Å². The number of rotatable bonds is 7. The lowest BCUT2D eigenvalue weighted by Crippen LogP contribution is -2.34. The molecule has 0 saturated carbocycles. The normalized spacial score (nSPS) is 11.6. The number of ether oxygens (including phenoxy) is 1. The first-order valence-corrected chi connectivity index (χ1v) is 7.91. The lowest BCUT2D eigenvalue weighted by molar-refractivity contribution is 0.412. The summed E-state index contributed by atoms with van der Waals surface area (Å²) in [5, 5.41) is 0. The summed E-state index contributed by atoms with van der Waals surface area (Å²) < 4.78 is 33.5. The van der Waals surface area contributed by atoms with E-state index in [9.17, 15) is 8.42 Å². The van der Waals surface area contributed by atoms with Crippen LogP contribution in [0.5, 0.6) is 5.75 Å². The van der Waals surface area contributed by atoms with E-state index in [1.807, 2.05) is 0 Å². The van der Waals surface area contributed by atoms with Gasteiger partial charge in [-0.2, -0.15) is 12.7 Å². The fourth-order valence-electron chi connectivity index (χ4n) is 1.39. The molecule has 1 aromatic carbocycles. The first-order valence-electron chi connectivity index (χ1n) is 5.68. The van der Waals surface area contributed by atoms with Crippen molar-refractivity contribution in [1.82, 2.24) is 4.31 Å². The fourth-order valence-corrected chi connectivity index (χ4v) is 2.88. The summed E-state index contributed by atoms with van der Waals surface area (Å²) in [6, 6.07) is 4.97. The summed E-state index contributed by atoms with van der Waals surface area (Å²) in [6.07, 6.45) is 0.615. The van der Waals surface area contributed by atoms with E-state index in [0.29, 0.717) is 35.4 Å². The molecule has 0 aromatic heterocycles. The molecule has 6 nitrogen and oxygen atoms in total. The van der Waals surface area contributed by atoms with Gasteiger partial charge < -0.3 is 10.5 Å². The molecule has 0 spiro atoms. The Bertz CT molecular complexity index is 522. The Hall–Kier alpha value is -0.830. The second-order valence-electron chi connectivity index (χ2n) is 3.92. The number of hydrogen-bond acceptors (Lipinski definition) is 4. The summed E-state index contributed by atoms with van der Waals surface area (Å²) in [5.74, 6) is 0.638. The lowest BCUT2D eigenvalue weighted by Gasteiger charge is -2.18. The number of hydrogen-bond donors (Lipinski definition) is 2. The predicted octanol–water partition coefficient (Wildman–Crippen LogP) is 1.40. The Balaban J connectivity index is 2.80. The van der Waals surface area contributed by atoms with Gasteiger partial charge in [-0.05, 0) is 47.1 Å². The third-order valence-corrected chi connectivity index (χ3v) is 4.60. The molecule has 0 bridgehead atoms. The van der Waals surface area contributed by atoms with Crippen molar-refractivity contribution in [2.75, 3.05) is 32.0 Å². The summed E-state index contributed by atoms with van der Waals surface area (Å²) in [5.41, 5.74) is 5.83. The second kappa shape index (κ2) is 7.09. The van der Waals surface area contributed by atoms with Crippen molar-refractivity contribution in [2.24, 2.45) is 5.73 Å². The van der Waals surface area contributed by atoms with E-state index < -0.39 is 10.2 Å². The zero-order valence-electron chi connectivity index (χ0n) is 10.9. The van der Waals surface area contributed by atoms with Gasteiger partial charge in [-0.15, -0.1) is 0 Å². The van der Waals surface area contributed by atoms with Crippen LogP contribution in [0.25, 0.3) is 0 Å². The van der Waals surface area contributed by atoms with Crippen molar-refractivity contribution in [3.8, 4) is 5.75 Å². The van der Waals surface area contributed by atoms with Crippen molar-refractivity contribution >= 4 is 31.8 Å². The quantitative estimate of drug-likeness (QED) is 0.777. The molecule has 1 aromatic rings. The average Bonchev–Trinajstić information content (AvgIpc) is 2.35. The molecule has 0 amide bonds. The molecule has 0 radical (unpaired) electrons. The molecule has 0 saturated heterocycles. The van der Waals surface area contributed by atoms with Gasteiger partial charge in [-0.3, -0.25) is 4.72 Å². The zero-order valence-corrected chi connectivity index (χ0v) is 13.3. The third kappa shape index (κ3) is 4.64. The van der Waals surface area contributed by atoms with E-state index in [1.54, 1.807) is 25.3 Å². The number of nitrogens with two attached hydrogens (primary N) is 1. The maximum Gasteiger partial charge on any atom is 0.301 e. The minimum atomic E-state index is -3.56. The maximum atomic E-state index is 12.0. The Morgan fingerprint density at radius 2 is 2.16 bits per heavy atom. The second-order valence-corrected chi connectivity index (χ2v) is 6.55. The molecule has 0 fully saturated rings. The topological polar surface area (TPSA) is 84.7 Å². The highest BCUT2D eigenvalue weighted by Crippen LogP contribution is 2.28. The van der Waals surface area contributed by atoms with Gasteiger partial charge in [-0.25, -0.2) is 0 Å². The van der Waals surface area contributed by atoms with Crippen LogP contribution < -0.4 is 15.2 Å². The van der Waals surface area contributed by atoms with E-state index in [0.717, 1.165) is 0 Å². The van der Waals surface area contributed by atoms with Gasteiger partial charge >= 0.3 is 10.2 Å². The van der Waals surface area contributed by atoms with Gasteiger partial charge in [0, 0.05) is 13.6 Å². The standard InChI is InChI=1S/C11H18BrN3O3S/c1-15(7-3-6-13)19(16,17)14-9-4-5-11(18-2)10(12)8-9/h4-5,8,14H,3,6-7,13H2,1-2H3. The molecule has 0 heterocycles. The van der Waals surface area contributed by atoms with Gasteiger partial charge in [0.25, 0.3) is 0 Å².